The lowest BCUT2D eigenvalue weighted by molar-refractivity contribution is -0.138. The van der Waals surface area contributed by atoms with Crippen molar-refractivity contribution >= 4 is 22.6 Å². The van der Waals surface area contributed by atoms with Crippen LogP contribution in [0, 0.1) is 6.92 Å². The number of carboxylic acids is 1. The Morgan fingerprint density at radius 2 is 2.17 bits per heavy atom. The standard InChI is InChI=1S/C13H17N3O2/c1-7-9(6-11(15)13(17)18)8-4-3-5-10(14)12(8)16(7)2/h3-5,11H,6,14-15H2,1-2H3,(H,17,18). The molecule has 0 saturated heterocycles. The van der Waals surface area contributed by atoms with Crippen LogP contribution in [-0.2, 0) is 18.3 Å². The number of carbonyl (C=O) groups is 1. The number of aliphatic carboxylic acids is 1. The minimum absolute atomic E-state index is 0.307. The van der Waals surface area contributed by atoms with Gasteiger partial charge in [-0.2, -0.15) is 0 Å². The van der Waals surface area contributed by atoms with Crippen molar-refractivity contribution in [2.75, 3.05) is 5.73 Å². The number of aromatic nitrogens is 1. The van der Waals surface area contributed by atoms with Crippen LogP contribution >= 0.6 is 0 Å². The van der Waals surface area contributed by atoms with Gasteiger partial charge in [0.1, 0.15) is 6.04 Å². The van der Waals surface area contributed by atoms with Gasteiger partial charge in [-0.3, -0.25) is 4.79 Å². The molecule has 5 heteroatoms. The molecule has 5 nitrogen and oxygen atoms in total. The maximum absolute atomic E-state index is 10.9. The summed E-state index contributed by atoms with van der Waals surface area (Å²) in [6.45, 7) is 1.95. The van der Waals surface area contributed by atoms with Gasteiger partial charge in [0.25, 0.3) is 0 Å². The molecule has 0 spiro atoms. The number of aryl methyl sites for hydroxylation is 1. The maximum Gasteiger partial charge on any atom is 0.320 e. The Kier molecular flexibility index (Phi) is 3.00. The summed E-state index contributed by atoms with van der Waals surface area (Å²) in [5.74, 6) is -0.990. The number of nitrogen functional groups attached to an aromatic ring is 1. The molecule has 0 fully saturated rings. The Morgan fingerprint density at radius 3 is 2.78 bits per heavy atom. The highest BCUT2D eigenvalue weighted by Gasteiger charge is 2.19. The molecule has 2 rings (SSSR count). The number of benzene rings is 1. The summed E-state index contributed by atoms with van der Waals surface area (Å²) in [6.07, 6.45) is 0.307. The van der Waals surface area contributed by atoms with E-state index in [1.165, 1.54) is 0 Å². The highest BCUT2D eigenvalue weighted by atomic mass is 16.4. The lowest BCUT2D eigenvalue weighted by atomic mass is 10.0. The third kappa shape index (κ3) is 1.82. The van der Waals surface area contributed by atoms with E-state index in [1.807, 2.05) is 36.7 Å². The second kappa shape index (κ2) is 4.34. The minimum atomic E-state index is -0.990. The van der Waals surface area contributed by atoms with Crippen LogP contribution in [0.25, 0.3) is 10.9 Å². The molecule has 1 heterocycles. The minimum Gasteiger partial charge on any atom is -0.480 e. The van der Waals surface area contributed by atoms with Crippen LogP contribution in [0.1, 0.15) is 11.3 Å². The molecular formula is C13H17N3O2. The first kappa shape index (κ1) is 12.4. The molecule has 1 unspecified atom stereocenters. The van der Waals surface area contributed by atoms with Crippen LogP contribution in [0.5, 0.6) is 0 Å². The Morgan fingerprint density at radius 1 is 1.50 bits per heavy atom. The number of anilines is 1. The number of carboxylic acid groups (broad SMARTS) is 1. The summed E-state index contributed by atoms with van der Waals surface area (Å²) >= 11 is 0. The molecule has 0 bridgehead atoms. The van der Waals surface area contributed by atoms with Crippen LogP contribution in [0.2, 0.25) is 0 Å². The zero-order valence-corrected chi connectivity index (χ0v) is 10.5. The van der Waals surface area contributed by atoms with Gasteiger partial charge in [-0.15, -0.1) is 0 Å². The van der Waals surface area contributed by atoms with Crippen LogP contribution in [-0.4, -0.2) is 21.7 Å². The zero-order valence-electron chi connectivity index (χ0n) is 10.5. The second-order valence-electron chi connectivity index (χ2n) is 4.52. The average Bonchev–Trinajstić information content (AvgIpc) is 2.55. The highest BCUT2D eigenvalue weighted by molar-refractivity contribution is 5.94. The number of fused-ring (bicyclic) bond motifs is 1. The molecule has 0 radical (unpaired) electrons. The van der Waals surface area contributed by atoms with E-state index >= 15 is 0 Å². The maximum atomic E-state index is 10.9. The van der Waals surface area contributed by atoms with Gasteiger partial charge in [-0.25, -0.2) is 0 Å². The van der Waals surface area contributed by atoms with Crippen molar-refractivity contribution in [3.05, 3.63) is 29.5 Å². The van der Waals surface area contributed by atoms with E-state index in [9.17, 15) is 4.79 Å². The van der Waals surface area contributed by atoms with Crippen LogP contribution in [0.15, 0.2) is 18.2 Å². The predicted molar refractivity (Wildman–Crippen MR) is 71.4 cm³/mol. The van der Waals surface area contributed by atoms with Crippen molar-refractivity contribution in [2.24, 2.45) is 12.8 Å². The molecule has 0 aliphatic carbocycles. The Labute approximate surface area is 105 Å². The molecule has 0 amide bonds. The van der Waals surface area contributed by atoms with Crippen LogP contribution in [0.3, 0.4) is 0 Å². The number of hydrogen-bond donors (Lipinski definition) is 3. The number of nitrogens with two attached hydrogens (primary N) is 2. The van der Waals surface area contributed by atoms with E-state index in [4.69, 9.17) is 16.6 Å². The van der Waals surface area contributed by atoms with Gasteiger partial charge in [0.15, 0.2) is 0 Å². The van der Waals surface area contributed by atoms with Crippen molar-refractivity contribution in [1.29, 1.82) is 0 Å². The summed E-state index contributed by atoms with van der Waals surface area (Å²) in [6, 6.07) is 4.76. The van der Waals surface area contributed by atoms with E-state index < -0.39 is 12.0 Å². The van der Waals surface area contributed by atoms with Crippen LogP contribution in [0.4, 0.5) is 5.69 Å². The third-order valence-electron chi connectivity index (χ3n) is 3.41. The molecule has 96 valence electrons. The predicted octanol–water partition coefficient (Wildman–Crippen LogP) is 1.02. The van der Waals surface area contributed by atoms with Crippen molar-refractivity contribution in [2.45, 2.75) is 19.4 Å². The monoisotopic (exact) mass is 247 g/mol. The average molecular weight is 247 g/mol. The summed E-state index contributed by atoms with van der Waals surface area (Å²) < 4.78 is 1.98. The summed E-state index contributed by atoms with van der Waals surface area (Å²) in [7, 11) is 1.92. The lowest BCUT2D eigenvalue weighted by Gasteiger charge is -2.06. The molecule has 0 aliphatic heterocycles. The van der Waals surface area contributed by atoms with Gasteiger partial charge in [-0.1, -0.05) is 12.1 Å². The smallest absolute Gasteiger partial charge is 0.320 e. The fourth-order valence-corrected chi connectivity index (χ4v) is 2.31. The van der Waals surface area contributed by atoms with Gasteiger partial charge < -0.3 is 21.1 Å². The van der Waals surface area contributed by atoms with Gasteiger partial charge in [0.2, 0.25) is 0 Å². The van der Waals surface area contributed by atoms with E-state index in [0.717, 1.165) is 22.2 Å². The first-order valence-corrected chi connectivity index (χ1v) is 5.74. The van der Waals surface area contributed by atoms with Gasteiger partial charge in [0.05, 0.1) is 11.2 Å². The Balaban J connectivity index is 2.61. The number of para-hydroxylation sites is 1. The number of rotatable bonds is 3. The fourth-order valence-electron chi connectivity index (χ4n) is 2.31. The van der Waals surface area contributed by atoms with E-state index in [1.54, 1.807) is 0 Å². The molecule has 1 aromatic heterocycles. The van der Waals surface area contributed by atoms with Gasteiger partial charge in [-0.05, 0) is 18.6 Å². The normalized spacial score (nSPS) is 12.8. The van der Waals surface area contributed by atoms with Crippen molar-refractivity contribution in [1.82, 2.24) is 4.57 Å². The molecule has 5 N–H and O–H groups in total. The van der Waals surface area contributed by atoms with Crippen LogP contribution < -0.4 is 11.5 Å². The zero-order chi connectivity index (χ0) is 13.4. The molecule has 2 aromatic rings. The van der Waals surface area contributed by atoms with Crippen molar-refractivity contribution in [3.8, 4) is 0 Å². The molecule has 1 aromatic carbocycles. The molecule has 18 heavy (non-hydrogen) atoms. The number of nitrogens with zero attached hydrogens (tertiary/aromatic N) is 1. The summed E-state index contributed by atoms with van der Waals surface area (Å²) in [4.78, 5) is 10.9. The summed E-state index contributed by atoms with van der Waals surface area (Å²) in [5.41, 5.74) is 15.2. The highest BCUT2D eigenvalue weighted by Crippen LogP contribution is 2.29. The van der Waals surface area contributed by atoms with E-state index in [0.29, 0.717) is 12.1 Å². The molecule has 1 atom stereocenters. The first-order chi connectivity index (χ1) is 8.43. The topological polar surface area (TPSA) is 94.3 Å². The van der Waals surface area contributed by atoms with Gasteiger partial charge >= 0.3 is 5.97 Å². The first-order valence-electron chi connectivity index (χ1n) is 5.74. The molecule has 0 aliphatic rings. The fraction of sp³-hybridized carbons (Fsp3) is 0.308. The van der Waals surface area contributed by atoms with Crippen molar-refractivity contribution in [3.63, 3.8) is 0 Å². The SMILES string of the molecule is Cc1c(CC(N)C(=O)O)c2cccc(N)c2n1C. The van der Waals surface area contributed by atoms with Gasteiger partial charge in [0, 0.05) is 24.5 Å². The summed E-state index contributed by atoms with van der Waals surface area (Å²) in [5, 5.41) is 9.89. The van der Waals surface area contributed by atoms with E-state index in [-0.39, 0.29) is 0 Å². The Hall–Kier alpha value is -2.01. The number of hydrogen-bond acceptors (Lipinski definition) is 3. The second-order valence-corrected chi connectivity index (χ2v) is 4.52. The van der Waals surface area contributed by atoms with Crippen molar-refractivity contribution < 1.29 is 9.90 Å². The Bertz CT molecular complexity index is 616. The third-order valence-corrected chi connectivity index (χ3v) is 3.41. The molecule has 0 saturated carbocycles. The van der Waals surface area contributed by atoms with E-state index in [2.05, 4.69) is 0 Å². The molecular weight excluding hydrogens is 230 g/mol. The lowest BCUT2D eigenvalue weighted by Crippen LogP contribution is -2.32. The largest absolute Gasteiger partial charge is 0.480 e. The quantitative estimate of drug-likeness (QED) is 0.706.